The van der Waals surface area contributed by atoms with Gasteiger partial charge in [0.25, 0.3) is 0 Å². The van der Waals surface area contributed by atoms with Gasteiger partial charge in [-0.25, -0.2) is 14.6 Å². The molecule has 0 atom stereocenters. The fourth-order valence-corrected chi connectivity index (χ4v) is 0.826. The van der Waals surface area contributed by atoms with Crippen molar-refractivity contribution in [3.63, 3.8) is 0 Å². The number of rotatable bonds is 3. The van der Waals surface area contributed by atoms with Crippen molar-refractivity contribution < 1.29 is 27.1 Å². The highest BCUT2D eigenvalue weighted by atomic mass is 19.3. The number of ether oxygens (including phenoxy) is 1. The maximum Gasteiger partial charge on any atom is 0.483 e. The van der Waals surface area contributed by atoms with Gasteiger partial charge in [0.2, 0.25) is 0 Å². The summed E-state index contributed by atoms with van der Waals surface area (Å²) in [6, 6.07) is 1.67. The molecule has 0 saturated carbocycles. The Morgan fingerprint density at radius 3 is 2.50 bits per heavy atom. The van der Waals surface area contributed by atoms with Crippen LogP contribution in [0, 0.1) is 11.6 Å². The largest absolute Gasteiger partial charge is 0.483 e. The lowest BCUT2D eigenvalue weighted by molar-refractivity contribution is -0.193. The molecule has 1 aromatic rings. The second-order valence-electron chi connectivity index (χ2n) is 2.67. The fraction of sp³-hybridized carbons (Fsp3) is 0.125. The number of nitrogens with one attached hydrogen (secondary N) is 1. The average molecular weight is 238 g/mol. The van der Waals surface area contributed by atoms with Gasteiger partial charge in [-0.2, -0.15) is 8.78 Å². The second-order valence-corrected chi connectivity index (χ2v) is 2.67. The van der Waals surface area contributed by atoms with Gasteiger partial charge in [-0.15, -0.1) is 0 Å². The summed E-state index contributed by atoms with van der Waals surface area (Å²) in [6.07, 6.45) is -4.34. The Balaban J connectivity index is 2.92. The molecule has 0 unspecified atom stereocenters. The minimum absolute atomic E-state index is 0.339. The molecule has 0 radical (unpaired) electrons. The maximum absolute atomic E-state index is 12.9. The monoisotopic (exact) mass is 238 g/mol. The van der Waals surface area contributed by atoms with Gasteiger partial charge in [-0.1, -0.05) is 0 Å². The van der Waals surface area contributed by atoms with Crippen LogP contribution in [-0.4, -0.2) is 12.0 Å². The Hall–Kier alpha value is -1.83. The Bertz CT molecular complexity index is 411. The van der Waals surface area contributed by atoms with Crippen LogP contribution < -0.4 is 16.0 Å². The van der Waals surface area contributed by atoms with E-state index in [1.807, 2.05) is 0 Å². The van der Waals surface area contributed by atoms with Crippen LogP contribution in [0.1, 0.15) is 0 Å². The second kappa shape index (κ2) is 4.35. The number of halogens is 4. The third kappa shape index (κ3) is 2.60. The Morgan fingerprint density at radius 2 is 2.00 bits per heavy atom. The normalized spacial score (nSPS) is 11.1. The summed E-state index contributed by atoms with van der Waals surface area (Å²) in [5.41, 5.74) is 1.15. The summed E-state index contributed by atoms with van der Waals surface area (Å²) in [5.74, 6) is -0.769. The van der Waals surface area contributed by atoms with E-state index < -0.39 is 29.4 Å². The van der Waals surface area contributed by atoms with Crippen molar-refractivity contribution >= 4 is 5.91 Å². The zero-order valence-electron chi connectivity index (χ0n) is 7.64. The van der Waals surface area contributed by atoms with E-state index in [4.69, 9.17) is 0 Å². The van der Waals surface area contributed by atoms with Crippen LogP contribution >= 0.6 is 0 Å². The van der Waals surface area contributed by atoms with Gasteiger partial charge in [-0.05, 0) is 12.1 Å². The molecule has 3 N–H and O–H groups in total. The first-order valence-corrected chi connectivity index (χ1v) is 3.90. The Morgan fingerprint density at radius 1 is 1.38 bits per heavy atom. The van der Waals surface area contributed by atoms with Gasteiger partial charge in [0.15, 0.2) is 11.6 Å². The smallest absolute Gasteiger partial charge is 0.422 e. The molecule has 1 rings (SSSR count). The number of carbonyl (C=O) groups excluding carboxylic acids is 1. The summed E-state index contributed by atoms with van der Waals surface area (Å²) in [4.78, 5) is 10.5. The van der Waals surface area contributed by atoms with E-state index in [1.54, 1.807) is 0 Å². The first-order valence-electron chi connectivity index (χ1n) is 3.90. The van der Waals surface area contributed by atoms with Crippen LogP contribution in [0.3, 0.4) is 0 Å². The minimum atomic E-state index is -4.34. The number of carbonyl (C=O) groups is 1. The number of hydrazine groups is 1. The number of amides is 1. The number of hydrogen-bond acceptors (Lipinski definition) is 3. The quantitative estimate of drug-likeness (QED) is 0.356. The molecule has 0 saturated heterocycles. The van der Waals surface area contributed by atoms with Crippen molar-refractivity contribution in [2.24, 2.45) is 5.84 Å². The Labute approximate surface area is 87.0 Å². The minimum Gasteiger partial charge on any atom is -0.422 e. The topological polar surface area (TPSA) is 64.3 Å². The zero-order chi connectivity index (χ0) is 12.3. The van der Waals surface area contributed by atoms with E-state index in [9.17, 15) is 22.4 Å². The van der Waals surface area contributed by atoms with Crippen molar-refractivity contribution in [2.75, 3.05) is 0 Å². The molecule has 0 spiro atoms. The van der Waals surface area contributed by atoms with Gasteiger partial charge in [0.1, 0.15) is 5.82 Å². The van der Waals surface area contributed by atoms with E-state index in [2.05, 4.69) is 10.6 Å². The van der Waals surface area contributed by atoms with Crippen molar-refractivity contribution in [2.45, 2.75) is 6.11 Å². The highest BCUT2D eigenvalue weighted by Crippen LogP contribution is 2.24. The molecule has 0 aliphatic heterocycles. The first-order chi connectivity index (χ1) is 7.36. The average Bonchev–Trinajstić information content (AvgIpc) is 2.21. The lowest BCUT2D eigenvalue weighted by atomic mass is 10.3. The number of hydrogen-bond donors (Lipinski definition) is 2. The molecule has 8 heteroatoms. The maximum atomic E-state index is 12.9. The van der Waals surface area contributed by atoms with Crippen molar-refractivity contribution in [1.29, 1.82) is 0 Å². The van der Waals surface area contributed by atoms with E-state index in [0.29, 0.717) is 18.2 Å². The van der Waals surface area contributed by atoms with Crippen molar-refractivity contribution in [3.05, 3.63) is 29.8 Å². The highest BCUT2D eigenvalue weighted by molar-refractivity contribution is 5.81. The zero-order valence-corrected chi connectivity index (χ0v) is 7.64. The van der Waals surface area contributed by atoms with Gasteiger partial charge >= 0.3 is 12.0 Å². The molecule has 0 bridgehead atoms. The predicted molar refractivity (Wildman–Crippen MR) is 44.3 cm³/mol. The lowest BCUT2D eigenvalue weighted by Gasteiger charge is -2.15. The van der Waals surface area contributed by atoms with Crippen LogP contribution in [0.4, 0.5) is 17.6 Å². The van der Waals surface area contributed by atoms with E-state index >= 15 is 0 Å². The van der Waals surface area contributed by atoms with Gasteiger partial charge in [-0.3, -0.25) is 10.2 Å². The van der Waals surface area contributed by atoms with Crippen LogP contribution in [-0.2, 0) is 4.79 Å². The molecule has 0 heterocycles. The van der Waals surface area contributed by atoms with Gasteiger partial charge < -0.3 is 4.74 Å². The molecule has 1 amide bonds. The number of nitrogens with two attached hydrogens (primary N) is 1. The van der Waals surface area contributed by atoms with E-state index in [0.717, 1.165) is 5.43 Å². The van der Waals surface area contributed by atoms with E-state index in [1.165, 1.54) is 0 Å². The molecule has 88 valence electrons. The summed E-state index contributed by atoms with van der Waals surface area (Å²) in [5, 5.41) is 0. The number of benzene rings is 1. The third-order valence-corrected chi connectivity index (χ3v) is 1.53. The summed E-state index contributed by atoms with van der Waals surface area (Å²) < 4.78 is 54.7. The first kappa shape index (κ1) is 12.2. The molecule has 0 aliphatic carbocycles. The lowest BCUT2D eigenvalue weighted by Crippen LogP contribution is -2.47. The summed E-state index contributed by atoms with van der Waals surface area (Å²) in [7, 11) is 0. The van der Waals surface area contributed by atoms with Gasteiger partial charge in [0, 0.05) is 6.07 Å². The predicted octanol–water partition coefficient (Wildman–Crippen LogP) is 0.926. The van der Waals surface area contributed by atoms with E-state index in [-0.39, 0.29) is 0 Å². The standard InChI is InChI=1S/C8H6F4N2O2/c9-4-1-2-6(5(10)3-4)16-8(11,12)7(15)14-13/h1-3H,13H2,(H,14,15). The highest BCUT2D eigenvalue weighted by Gasteiger charge is 2.42. The molecule has 4 nitrogen and oxygen atoms in total. The van der Waals surface area contributed by atoms with Crippen molar-refractivity contribution in [3.8, 4) is 5.75 Å². The summed E-state index contributed by atoms with van der Waals surface area (Å²) >= 11 is 0. The molecule has 1 aromatic carbocycles. The van der Waals surface area contributed by atoms with Crippen LogP contribution in [0.25, 0.3) is 0 Å². The van der Waals surface area contributed by atoms with Gasteiger partial charge in [0.05, 0.1) is 0 Å². The molecule has 0 fully saturated rings. The summed E-state index contributed by atoms with van der Waals surface area (Å²) in [6.45, 7) is 0. The fourth-order valence-electron chi connectivity index (χ4n) is 0.826. The molecule has 0 aliphatic rings. The van der Waals surface area contributed by atoms with Crippen LogP contribution in [0.5, 0.6) is 5.75 Å². The van der Waals surface area contributed by atoms with Crippen LogP contribution in [0.15, 0.2) is 18.2 Å². The molecular formula is C8H6F4N2O2. The third-order valence-electron chi connectivity index (χ3n) is 1.53. The van der Waals surface area contributed by atoms with Crippen molar-refractivity contribution in [1.82, 2.24) is 5.43 Å². The Kier molecular flexibility index (Phi) is 3.33. The SMILES string of the molecule is NNC(=O)C(F)(F)Oc1ccc(F)cc1F. The van der Waals surface area contributed by atoms with Crippen LogP contribution in [0.2, 0.25) is 0 Å². The number of alkyl halides is 2. The molecule has 16 heavy (non-hydrogen) atoms. The molecule has 0 aromatic heterocycles. The molecular weight excluding hydrogens is 232 g/mol.